The molecule has 0 fully saturated rings. The SMILES string of the molecule is NC(=O)NCc1ccc(C(=O)NNc2c(Cl)cc(Cl)cc2Cl)cc1. The first kappa shape index (κ1) is 18.2. The third-order valence-corrected chi connectivity index (χ3v) is 3.81. The maximum Gasteiger partial charge on any atom is 0.312 e. The van der Waals surface area contributed by atoms with Gasteiger partial charge in [0, 0.05) is 17.1 Å². The topological polar surface area (TPSA) is 96.2 Å². The molecular weight excluding hydrogens is 375 g/mol. The minimum absolute atomic E-state index is 0.278. The van der Waals surface area contributed by atoms with E-state index in [1.54, 1.807) is 24.3 Å². The average molecular weight is 388 g/mol. The molecule has 0 unspecified atom stereocenters. The summed E-state index contributed by atoms with van der Waals surface area (Å²) in [6.45, 7) is 0.283. The van der Waals surface area contributed by atoms with Crippen LogP contribution in [-0.2, 0) is 6.54 Å². The Hall–Kier alpha value is -2.15. The third-order valence-electron chi connectivity index (χ3n) is 2.99. The molecule has 24 heavy (non-hydrogen) atoms. The molecule has 0 atom stereocenters. The molecule has 9 heteroatoms. The van der Waals surface area contributed by atoms with Crippen molar-refractivity contribution in [3.63, 3.8) is 0 Å². The van der Waals surface area contributed by atoms with Crippen LogP contribution < -0.4 is 21.9 Å². The van der Waals surface area contributed by atoms with Crippen molar-refractivity contribution < 1.29 is 9.59 Å². The van der Waals surface area contributed by atoms with Gasteiger partial charge in [0.1, 0.15) is 0 Å². The predicted molar refractivity (Wildman–Crippen MR) is 95.4 cm³/mol. The molecular formula is C15H13Cl3N4O2. The van der Waals surface area contributed by atoms with E-state index in [0.29, 0.717) is 16.3 Å². The normalized spacial score (nSPS) is 10.1. The Morgan fingerprint density at radius 1 is 1.00 bits per heavy atom. The van der Waals surface area contributed by atoms with Gasteiger partial charge >= 0.3 is 6.03 Å². The highest BCUT2D eigenvalue weighted by Gasteiger charge is 2.10. The van der Waals surface area contributed by atoms with E-state index in [9.17, 15) is 9.59 Å². The van der Waals surface area contributed by atoms with E-state index in [0.717, 1.165) is 5.56 Å². The van der Waals surface area contributed by atoms with E-state index in [-0.39, 0.29) is 22.5 Å². The maximum atomic E-state index is 12.1. The monoisotopic (exact) mass is 386 g/mol. The van der Waals surface area contributed by atoms with Gasteiger partial charge in [-0.25, -0.2) is 4.79 Å². The van der Waals surface area contributed by atoms with Crippen molar-refractivity contribution in [3.8, 4) is 0 Å². The van der Waals surface area contributed by atoms with E-state index in [1.807, 2.05) is 0 Å². The number of rotatable bonds is 5. The Morgan fingerprint density at radius 2 is 1.58 bits per heavy atom. The zero-order valence-electron chi connectivity index (χ0n) is 12.2. The summed E-state index contributed by atoms with van der Waals surface area (Å²) in [4.78, 5) is 22.8. The lowest BCUT2D eigenvalue weighted by Crippen LogP contribution is -2.30. The van der Waals surface area contributed by atoms with Gasteiger partial charge in [0.2, 0.25) is 0 Å². The van der Waals surface area contributed by atoms with Crippen LogP contribution in [0.1, 0.15) is 15.9 Å². The Kier molecular flexibility index (Phi) is 6.14. The lowest BCUT2D eigenvalue weighted by atomic mass is 10.1. The molecule has 3 amide bonds. The summed E-state index contributed by atoms with van der Waals surface area (Å²) in [5.41, 5.74) is 11.7. The van der Waals surface area contributed by atoms with Gasteiger partial charge in [0.15, 0.2) is 0 Å². The molecule has 0 aliphatic heterocycles. The smallest absolute Gasteiger partial charge is 0.312 e. The summed E-state index contributed by atoms with van der Waals surface area (Å²) in [6.07, 6.45) is 0. The summed E-state index contributed by atoms with van der Waals surface area (Å²) in [5, 5.41) is 3.41. The van der Waals surface area contributed by atoms with E-state index in [2.05, 4.69) is 16.2 Å². The van der Waals surface area contributed by atoms with Crippen molar-refractivity contribution in [3.05, 3.63) is 62.6 Å². The third kappa shape index (κ3) is 4.92. The van der Waals surface area contributed by atoms with E-state index >= 15 is 0 Å². The van der Waals surface area contributed by atoms with Crippen LogP contribution in [0, 0.1) is 0 Å². The van der Waals surface area contributed by atoms with Crippen molar-refractivity contribution in [2.24, 2.45) is 5.73 Å². The Balaban J connectivity index is 1.99. The number of nitrogens with two attached hydrogens (primary N) is 1. The van der Waals surface area contributed by atoms with Crippen LogP contribution in [0.2, 0.25) is 15.1 Å². The molecule has 5 N–H and O–H groups in total. The standard InChI is InChI=1S/C15H13Cl3N4O2/c16-10-5-11(17)13(12(18)6-10)21-22-14(23)9-3-1-8(2-4-9)7-20-15(19)24/h1-6,21H,7H2,(H,22,23)(H3,19,20,24). The summed E-state index contributed by atoms with van der Waals surface area (Å²) < 4.78 is 0. The van der Waals surface area contributed by atoms with Crippen LogP contribution in [0.3, 0.4) is 0 Å². The molecule has 6 nitrogen and oxygen atoms in total. The highest BCUT2D eigenvalue weighted by molar-refractivity contribution is 6.41. The molecule has 2 aromatic carbocycles. The number of benzene rings is 2. The number of hydrazine groups is 1. The largest absolute Gasteiger partial charge is 0.352 e. The summed E-state index contributed by atoms with van der Waals surface area (Å²) >= 11 is 17.9. The van der Waals surface area contributed by atoms with Crippen LogP contribution >= 0.6 is 34.8 Å². The minimum Gasteiger partial charge on any atom is -0.352 e. The molecule has 0 saturated heterocycles. The second kappa shape index (κ2) is 8.10. The first-order valence-corrected chi connectivity index (χ1v) is 7.83. The van der Waals surface area contributed by atoms with E-state index in [1.165, 1.54) is 12.1 Å². The fraction of sp³-hybridized carbons (Fsp3) is 0.0667. The van der Waals surface area contributed by atoms with Gasteiger partial charge in [0.05, 0.1) is 15.7 Å². The summed E-state index contributed by atoms with van der Waals surface area (Å²) in [6, 6.07) is 9.02. The lowest BCUT2D eigenvalue weighted by molar-refractivity contribution is 0.0962. The summed E-state index contributed by atoms with van der Waals surface area (Å²) in [7, 11) is 0. The van der Waals surface area contributed by atoms with E-state index < -0.39 is 6.03 Å². The first-order chi connectivity index (χ1) is 11.4. The Bertz CT molecular complexity index is 743. The fourth-order valence-electron chi connectivity index (χ4n) is 1.82. The number of halogens is 3. The number of hydrogen-bond acceptors (Lipinski definition) is 3. The number of carbonyl (C=O) groups excluding carboxylic acids is 2. The van der Waals surface area contributed by atoms with Crippen molar-refractivity contribution >= 4 is 52.4 Å². The summed E-state index contributed by atoms with van der Waals surface area (Å²) in [5.74, 6) is -0.383. The molecule has 2 rings (SSSR count). The van der Waals surface area contributed by atoms with Gasteiger partial charge in [-0.3, -0.25) is 15.6 Å². The van der Waals surface area contributed by atoms with Crippen molar-refractivity contribution in [1.29, 1.82) is 0 Å². The second-order valence-corrected chi connectivity index (χ2v) is 5.99. The number of anilines is 1. The molecule has 0 bridgehead atoms. The van der Waals surface area contributed by atoms with Crippen LogP contribution in [0.4, 0.5) is 10.5 Å². The molecule has 0 aliphatic rings. The number of amides is 3. The van der Waals surface area contributed by atoms with Gasteiger partial charge in [-0.15, -0.1) is 0 Å². The molecule has 0 saturated carbocycles. The van der Waals surface area contributed by atoms with Crippen LogP contribution in [-0.4, -0.2) is 11.9 Å². The molecule has 0 aliphatic carbocycles. The minimum atomic E-state index is -0.613. The van der Waals surface area contributed by atoms with Crippen molar-refractivity contribution in [1.82, 2.24) is 10.7 Å². The van der Waals surface area contributed by atoms with Crippen LogP contribution in [0.25, 0.3) is 0 Å². The lowest BCUT2D eigenvalue weighted by Gasteiger charge is -2.12. The average Bonchev–Trinajstić information content (AvgIpc) is 2.52. The highest BCUT2D eigenvalue weighted by Crippen LogP contribution is 2.33. The van der Waals surface area contributed by atoms with Crippen LogP contribution in [0.15, 0.2) is 36.4 Å². The number of carbonyl (C=O) groups is 2. The Morgan fingerprint density at radius 3 is 2.12 bits per heavy atom. The fourth-order valence-corrected chi connectivity index (χ4v) is 2.73. The van der Waals surface area contributed by atoms with Crippen molar-refractivity contribution in [2.45, 2.75) is 6.54 Å². The zero-order valence-corrected chi connectivity index (χ0v) is 14.5. The van der Waals surface area contributed by atoms with Gasteiger partial charge in [-0.2, -0.15) is 0 Å². The molecule has 0 aromatic heterocycles. The number of nitrogens with one attached hydrogen (secondary N) is 3. The molecule has 0 spiro atoms. The predicted octanol–water partition coefficient (Wildman–Crippen LogP) is 3.57. The zero-order chi connectivity index (χ0) is 17.7. The first-order valence-electron chi connectivity index (χ1n) is 6.70. The van der Waals surface area contributed by atoms with Gasteiger partial charge < -0.3 is 11.1 Å². The molecule has 126 valence electrons. The highest BCUT2D eigenvalue weighted by atomic mass is 35.5. The molecule has 0 radical (unpaired) electrons. The maximum absolute atomic E-state index is 12.1. The Labute approximate surface area is 153 Å². The van der Waals surface area contributed by atoms with Gasteiger partial charge in [-0.1, -0.05) is 46.9 Å². The number of hydrogen-bond donors (Lipinski definition) is 4. The van der Waals surface area contributed by atoms with Gasteiger partial charge in [-0.05, 0) is 29.8 Å². The molecule has 0 heterocycles. The number of primary amides is 1. The van der Waals surface area contributed by atoms with Crippen LogP contribution in [0.5, 0.6) is 0 Å². The van der Waals surface area contributed by atoms with Crippen molar-refractivity contribution in [2.75, 3.05) is 5.43 Å². The second-order valence-electron chi connectivity index (χ2n) is 4.74. The molecule has 2 aromatic rings. The number of urea groups is 1. The quantitative estimate of drug-likeness (QED) is 0.590. The van der Waals surface area contributed by atoms with Gasteiger partial charge in [0.25, 0.3) is 5.91 Å². The van der Waals surface area contributed by atoms with E-state index in [4.69, 9.17) is 40.5 Å².